The maximum Gasteiger partial charge on any atom is 0.306 e. The first-order valence-electron chi connectivity index (χ1n) is 11.6. The van der Waals surface area contributed by atoms with Gasteiger partial charge in [-0.3, -0.25) is 4.79 Å². The van der Waals surface area contributed by atoms with Gasteiger partial charge in [-0.25, -0.2) is 4.98 Å². The number of nitrogens with one attached hydrogen (secondary N) is 1. The zero-order valence-corrected chi connectivity index (χ0v) is 21.0. The van der Waals surface area contributed by atoms with Crippen LogP contribution in [0.2, 0.25) is 5.02 Å². The van der Waals surface area contributed by atoms with Gasteiger partial charge in [-0.15, -0.1) is 0 Å². The zero-order valence-electron chi connectivity index (χ0n) is 20.2. The first-order valence-corrected chi connectivity index (χ1v) is 11.9. The Morgan fingerprint density at radius 2 is 1.86 bits per heavy atom. The van der Waals surface area contributed by atoms with Crippen molar-refractivity contribution in [3.8, 4) is 28.7 Å². The van der Waals surface area contributed by atoms with Gasteiger partial charge in [0.05, 0.1) is 17.6 Å². The van der Waals surface area contributed by atoms with Crippen LogP contribution in [0.25, 0.3) is 22.8 Å². The number of aliphatic carboxylic acids is 1. The molecule has 4 rings (SSSR count). The molecular formula is C25H31ClN4O5. The van der Waals surface area contributed by atoms with Gasteiger partial charge < -0.3 is 24.8 Å². The predicted molar refractivity (Wildman–Crippen MR) is 133 cm³/mol. The standard InChI is InChI=1S/C22H23ClN4O4.C3H8O/c1-12(2)30-21-18(23)10-15(11-24-21)20-26-19(27-31-20)13-3-6-16(7-4-13)25-17-8-5-14(9-17)22(28)29;1-3(2)4/h3-4,6-7,10-12,14,17,25H,5,8-9H2,1-2H3,(H,28,29);3-4H,1-2H3/t14-,17+;/m1./s1. The third-order valence-corrected chi connectivity index (χ3v) is 5.39. The van der Waals surface area contributed by atoms with Crippen molar-refractivity contribution < 1.29 is 24.3 Å². The van der Waals surface area contributed by atoms with Crippen LogP contribution in [-0.4, -0.2) is 49.6 Å². The van der Waals surface area contributed by atoms with E-state index < -0.39 is 5.97 Å². The van der Waals surface area contributed by atoms with Crippen LogP contribution in [0.15, 0.2) is 41.1 Å². The van der Waals surface area contributed by atoms with E-state index in [2.05, 4.69) is 20.4 Å². The number of carbonyl (C=O) groups is 1. The van der Waals surface area contributed by atoms with Crippen LogP contribution in [0.3, 0.4) is 0 Å². The number of benzene rings is 1. The van der Waals surface area contributed by atoms with Crippen molar-refractivity contribution in [3.63, 3.8) is 0 Å². The normalized spacial score (nSPS) is 17.3. The molecule has 0 saturated heterocycles. The third-order valence-electron chi connectivity index (χ3n) is 5.12. The highest BCUT2D eigenvalue weighted by molar-refractivity contribution is 6.32. The molecule has 10 heteroatoms. The van der Waals surface area contributed by atoms with E-state index in [4.69, 9.17) is 31.1 Å². The zero-order chi connectivity index (χ0) is 25.5. The van der Waals surface area contributed by atoms with Gasteiger partial charge >= 0.3 is 5.97 Å². The highest BCUT2D eigenvalue weighted by Gasteiger charge is 2.29. The number of nitrogens with zero attached hydrogens (tertiary/aromatic N) is 3. The molecule has 1 aliphatic carbocycles. The number of carboxylic acids is 1. The van der Waals surface area contributed by atoms with E-state index in [1.165, 1.54) is 0 Å². The van der Waals surface area contributed by atoms with Crippen molar-refractivity contribution in [3.05, 3.63) is 41.6 Å². The minimum atomic E-state index is -0.717. The maximum absolute atomic E-state index is 11.1. The van der Waals surface area contributed by atoms with Gasteiger partial charge in [-0.1, -0.05) is 16.8 Å². The summed E-state index contributed by atoms with van der Waals surface area (Å²) < 4.78 is 10.9. The molecule has 0 bridgehead atoms. The Labute approximate surface area is 209 Å². The number of pyridine rings is 1. The van der Waals surface area contributed by atoms with Gasteiger partial charge in [-0.2, -0.15) is 4.98 Å². The number of hydrogen-bond acceptors (Lipinski definition) is 8. The molecule has 0 radical (unpaired) electrons. The van der Waals surface area contributed by atoms with Crippen LogP contribution < -0.4 is 10.1 Å². The fourth-order valence-corrected chi connectivity index (χ4v) is 3.81. The number of aromatic nitrogens is 3. The third kappa shape index (κ3) is 7.66. The number of carboxylic acid groups (broad SMARTS) is 1. The highest BCUT2D eigenvalue weighted by atomic mass is 35.5. The minimum absolute atomic E-state index is 0.0319. The highest BCUT2D eigenvalue weighted by Crippen LogP contribution is 2.31. The van der Waals surface area contributed by atoms with Crippen molar-refractivity contribution in [2.45, 2.75) is 65.2 Å². The van der Waals surface area contributed by atoms with Gasteiger partial charge in [0, 0.05) is 29.6 Å². The molecular weight excluding hydrogens is 472 g/mol. The van der Waals surface area contributed by atoms with Crippen LogP contribution in [0.4, 0.5) is 5.69 Å². The number of rotatable bonds is 7. The SMILES string of the molecule is CC(C)O.CC(C)Oc1ncc(-c2nc(-c3ccc(N[C@H]4CC[C@@H](C(=O)O)C4)cc3)no2)cc1Cl. The summed E-state index contributed by atoms with van der Waals surface area (Å²) in [6, 6.07) is 9.49. The van der Waals surface area contributed by atoms with Crippen LogP contribution in [0.5, 0.6) is 5.88 Å². The molecule has 1 saturated carbocycles. The van der Waals surface area contributed by atoms with Crippen LogP contribution in [0, 0.1) is 5.92 Å². The second kappa shape index (κ2) is 12.0. The molecule has 1 aliphatic rings. The van der Waals surface area contributed by atoms with Crippen molar-refractivity contribution in [1.29, 1.82) is 0 Å². The van der Waals surface area contributed by atoms with Crippen molar-refractivity contribution >= 4 is 23.3 Å². The van der Waals surface area contributed by atoms with Crippen molar-refractivity contribution in [2.75, 3.05) is 5.32 Å². The Balaban J connectivity index is 0.000000795. The molecule has 2 atom stereocenters. The largest absolute Gasteiger partial charge is 0.481 e. The summed E-state index contributed by atoms with van der Waals surface area (Å²) in [6.45, 7) is 7.25. The van der Waals surface area contributed by atoms with Gasteiger partial charge in [0.2, 0.25) is 11.7 Å². The predicted octanol–water partition coefficient (Wildman–Crippen LogP) is 5.29. The summed E-state index contributed by atoms with van der Waals surface area (Å²) in [4.78, 5) is 19.8. The molecule has 1 aromatic carbocycles. The van der Waals surface area contributed by atoms with Gasteiger partial charge in [0.1, 0.15) is 5.02 Å². The average molecular weight is 503 g/mol. The lowest BCUT2D eigenvalue weighted by atomic mass is 10.1. The molecule has 1 fully saturated rings. The molecule has 0 unspecified atom stereocenters. The van der Waals surface area contributed by atoms with Crippen LogP contribution in [-0.2, 0) is 4.79 Å². The van der Waals surface area contributed by atoms with Gasteiger partial charge in [-0.05, 0) is 77.3 Å². The van der Waals surface area contributed by atoms with Gasteiger partial charge in [0.25, 0.3) is 5.89 Å². The number of anilines is 1. The molecule has 0 aliphatic heterocycles. The Bertz CT molecular complexity index is 1110. The molecule has 35 heavy (non-hydrogen) atoms. The van der Waals surface area contributed by atoms with E-state index in [1.807, 2.05) is 38.1 Å². The topological polar surface area (TPSA) is 131 Å². The second-order valence-corrected chi connectivity index (χ2v) is 9.37. The minimum Gasteiger partial charge on any atom is -0.481 e. The van der Waals surface area contributed by atoms with Crippen LogP contribution in [0.1, 0.15) is 47.0 Å². The summed E-state index contributed by atoms with van der Waals surface area (Å²) in [5.74, 6) is 0.148. The maximum atomic E-state index is 11.1. The number of halogens is 1. The Morgan fingerprint density at radius 3 is 2.43 bits per heavy atom. The summed E-state index contributed by atoms with van der Waals surface area (Å²) >= 11 is 6.24. The molecule has 0 amide bonds. The molecule has 2 heterocycles. The lowest BCUT2D eigenvalue weighted by molar-refractivity contribution is -0.141. The molecule has 2 aromatic heterocycles. The molecule has 0 spiro atoms. The number of hydrogen-bond donors (Lipinski definition) is 3. The first kappa shape index (κ1) is 26.4. The number of aliphatic hydroxyl groups excluding tert-OH is 1. The summed E-state index contributed by atoms with van der Waals surface area (Å²) in [5.41, 5.74) is 2.33. The average Bonchev–Trinajstić information content (AvgIpc) is 3.45. The van der Waals surface area contributed by atoms with Crippen LogP contribution >= 0.6 is 11.6 Å². The Morgan fingerprint density at radius 1 is 1.17 bits per heavy atom. The van der Waals surface area contributed by atoms with E-state index in [0.717, 1.165) is 17.7 Å². The summed E-state index contributed by atoms with van der Waals surface area (Å²) in [6.07, 6.45) is 3.59. The molecule has 188 valence electrons. The molecule has 9 nitrogen and oxygen atoms in total. The van der Waals surface area contributed by atoms with E-state index in [9.17, 15) is 4.79 Å². The Kier molecular flexibility index (Phi) is 9.06. The van der Waals surface area contributed by atoms with Crippen molar-refractivity contribution in [2.24, 2.45) is 5.92 Å². The first-order chi connectivity index (χ1) is 16.6. The van der Waals surface area contributed by atoms with E-state index >= 15 is 0 Å². The monoisotopic (exact) mass is 502 g/mol. The number of ether oxygens (including phenoxy) is 1. The lowest BCUT2D eigenvalue weighted by Gasteiger charge is -2.14. The van der Waals surface area contributed by atoms with E-state index in [1.54, 1.807) is 26.1 Å². The fourth-order valence-electron chi connectivity index (χ4n) is 3.60. The lowest BCUT2D eigenvalue weighted by Crippen LogP contribution is -2.17. The summed E-state index contributed by atoms with van der Waals surface area (Å²) in [7, 11) is 0. The molecule has 3 aromatic rings. The van der Waals surface area contributed by atoms with Gasteiger partial charge in [0.15, 0.2) is 0 Å². The van der Waals surface area contributed by atoms with E-state index in [-0.39, 0.29) is 24.2 Å². The fraction of sp³-hybridized carbons (Fsp3) is 0.440. The molecule has 3 N–H and O–H groups in total. The van der Waals surface area contributed by atoms with E-state index in [0.29, 0.717) is 41.0 Å². The smallest absolute Gasteiger partial charge is 0.306 e. The Hall–Kier alpha value is -3.17. The van der Waals surface area contributed by atoms with Crippen molar-refractivity contribution in [1.82, 2.24) is 15.1 Å². The second-order valence-electron chi connectivity index (χ2n) is 8.96. The number of aliphatic hydroxyl groups is 1. The quantitative estimate of drug-likeness (QED) is 0.394. The summed E-state index contributed by atoms with van der Waals surface area (Å²) in [5, 5.41) is 25.0.